The fourth-order valence-corrected chi connectivity index (χ4v) is 18.0. The minimum Gasteiger partial charge on any atom is -0.302 e. The normalized spacial score (nSPS) is 18.6. The van der Waals surface area contributed by atoms with Crippen LogP contribution in [0.15, 0.2) is 73.2 Å². The van der Waals surface area contributed by atoms with Gasteiger partial charge in [-0.1, -0.05) is 87.9 Å². The molecule has 0 amide bonds. The summed E-state index contributed by atoms with van der Waals surface area (Å²) in [6, 6.07) is 24.8. The van der Waals surface area contributed by atoms with E-state index in [-0.39, 0.29) is 20.1 Å². The second kappa shape index (κ2) is 7.65. The average Bonchev–Trinajstić information content (AvgIpc) is 2.79. The van der Waals surface area contributed by atoms with Gasteiger partial charge in [0.05, 0.1) is 16.1 Å². The number of hydrogen-bond donors (Lipinski definition) is 0. The van der Waals surface area contributed by atoms with E-state index in [4.69, 9.17) is 0 Å². The molecule has 0 N–H and O–H groups in total. The summed E-state index contributed by atoms with van der Waals surface area (Å²) in [6.07, 6.45) is 5.41. The van der Waals surface area contributed by atoms with Gasteiger partial charge in [-0.25, -0.2) is 0 Å². The molecule has 0 saturated heterocycles. The zero-order valence-electron chi connectivity index (χ0n) is 18.6. The van der Waals surface area contributed by atoms with Crippen LogP contribution in [0.3, 0.4) is 0 Å². The first-order valence-electron chi connectivity index (χ1n) is 10.8. The second-order valence-corrected chi connectivity index (χ2v) is 20.2. The number of aromatic nitrogens is 2. The molecule has 1 unspecified atom stereocenters. The van der Waals surface area contributed by atoms with Gasteiger partial charge in [0, 0.05) is 44.4 Å². The van der Waals surface area contributed by atoms with Crippen molar-refractivity contribution in [2.45, 2.75) is 26.2 Å². The van der Waals surface area contributed by atoms with E-state index >= 15 is 0 Å². The van der Waals surface area contributed by atoms with Crippen LogP contribution in [0.1, 0.15) is 0 Å². The van der Waals surface area contributed by atoms with E-state index in [9.17, 15) is 0 Å². The monoisotopic (exact) mass is 644 g/mol. The maximum atomic E-state index is 4.64. The minimum atomic E-state index is -1.90. The third kappa shape index (κ3) is 2.96. The molecule has 32 heavy (non-hydrogen) atoms. The van der Waals surface area contributed by atoms with Crippen LogP contribution in [0.25, 0.3) is 11.3 Å². The van der Waals surface area contributed by atoms with Crippen molar-refractivity contribution in [3.63, 3.8) is 0 Å². The molecule has 1 aromatic heterocycles. The van der Waals surface area contributed by atoms with Crippen LogP contribution in [0, 0.1) is 6.07 Å². The van der Waals surface area contributed by atoms with Gasteiger partial charge >= 0.3 is 0 Å². The van der Waals surface area contributed by atoms with Gasteiger partial charge < -0.3 is 4.98 Å². The summed E-state index contributed by atoms with van der Waals surface area (Å²) in [7, 11) is -4.31. The fraction of sp³-hybridized carbons (Fsp3) is 0.154. The molecular formula is C26H24IrN2PSi2-. The molecule has 3 aromatic carbocycles. The van der Waals surface area contributed by atoms with Crippen molar-refractivity contribution in [1.82, 2.24) is 9.97 Å². The Morgan fingerprint density at radius 2 is 1.41 bits per heavy atom. The molecule has 0 aliphatic carbocycles. The van der Waals surface area contributed by atoms with Crippen LogP contribution in [0.2, 0.25) is 26.2 Å². The van der Waals surface area contributed by atoms with Crippen molar-refractivity contribution in [3.8, 4) is 11.3 Å². The van der Waals surface area contributed by atoms with Crippen LogP contribution in [0.5, 0.6) is 0 Å². The first kappa shape index (κ1) is 22.1. The predicted octanol–water partition coefficient (Wildman–Crippen LogP) is 1.97. The number of benzene rings is 3. The molecule has 2 aliphatic heterocycles. The Kier molecular flexibility index (Phi) is 5.27. The van der Waals surface area contributed by atoms with E-state index in [2.05, 4.69) is 96.8 Å². The van der Waals surface area contributed by atoms with E-state index in [1.165, 1.54) is 5.19 Å². The molecular weight excluding hydrogens is 620 g/mol. The SMILES string of the molecule is C[Si]1(C)c2[c-]c(-c3cnccn3)cc3c2P(c2ccccc21)c1ccccc1[Si]3(C)C.[Ir]. The Hall–Kier alpha value is -1.75. The van der Waals surface area contributed by atoms with Crippen LogP contribution in [0.4, 0.5) is 0 Å². The molecule has 4 aromatic rings. The maximum absolute atomic E-state index is 4.64. The van der Waals surface area contributed by atoms with Crippen molar-refractivity contribution in [3.05, 3.63) is 79.3 Å². The van der Waals surface area contributed by atoms with Gasteiger partial charge in [0.25, 0.3) is 0 Å². The van der Waals surface area contributed by atoms with Crippen molar-refractivity contribution in [2.75, 3.05) is 0 Å². The zero-order chi connectivity index (χ0) is 21.4. The van der Waals surface area contributed by atoms with Crippen LogP contribution < -0.4 is 36.7 Å². The third-order valence-electron chi connectivity index (χ3n) is 7.04. The molecule has 0 spiro atoms. The summed E-state index contributed by atoms with van der Waals surface area (Å²) in [5.74, 6) is 0. The first-order chi connectivity index (χ1) is 14.9. The van der Waals surface area contributed by atoms with E-state index in [1.54, 1.807) is 43.9 Å². The number of fused-ring (bicyclic) bond motifs is 4. The number of hydrogen-bond acceptors (Lipinski definition) is 2. The van der Waals surface area contributed by atoms with Crippen molar-refractivity contribution in [2.24, 2.45) is 0 Å². The van der Waals surface area contributed by atoms with Gasteiger partial charge in [0.2, 0.25) is 0 Å². The summed E-state index contributed by atoms with van der Waals surface area (Å²) in [6.45, 7) is 10.0. The zero-order valence-corrected chi connectivity index (χ0v) is 23.9. The van der Waals surface area contributed by atoms with Crippen molar-refractivity contribution in [1.29, 1.82) is 0 Å². The summed E-state index contributed by atoms with van der Waals surface area (Å²) in [5, 5.41) is 11.0. The Bertz CT molecular complexity index is 1270. The Morgan fingerprint density at radius 3 is 2.03 bits per heavy atom. The average molecular weight is 644 g/mol. The predicted molar refractivity (Wildman–Crippen MR) is 139 cm³/mol. The smallest absolute Gasteiger partial charge is 0.0943 e. The topological polar surface area (TPSA) is 25.8 Å². The second-order valence-electron chi connectivity index (χ2n) is 9.53. The molecule has 0 bridgehead atoms. The largest absolute Gasteiger partial charge is 0.302 e. The first-order valence-corrected chi connectivity index (χ1v) is 18.1. The van der Waals surface area contributed by atoms with E-state index in [1.807, 2.05) is 6.20 Å². The van der Waals surface area contributed by atoms with Crippen molar-refractivity contribution < 1.29 is 20.1 Å². The Morgan fingerprint density at radius 1 is 0.781 bits per heavy atom. The van der Waals surface area contributed by atoms with E-state index in [0.29, 0.717) is 0 Å². The van der Waals surface area contributed by atoms with Crippen LogP contribution in [-0.2, 0) is 20.1 Å². The van der Waals surface area contributed by atoms with Gasteiger partial charge in [-0.15, -0.1) is 28.1 Å². The Labute approximate surface area is 206 Å². The van der Waals surface area contributed by atoms with Gasteiger partial charge in [-0.3, -0.25) is 4.98 Å². The van der Waals surface area contributed by atoms with Crippen molar-refractivity contribution >= 4 is 60.7 Å². The maximum Gasteiger partial charge on any atom is 0.0943 e. The quantitative estimate of drug-likeness (QED) is 0.180. The fourth-order valence-electron chi connectivity index (χ4n) is 5.36. The Balaban J connectivity index is 0.00000216. The van der Waals surface area contributed by atoms with Crippen LogP contribution in [-0.4, -0.2) is 26.1 Å². The molecule has 3 heterocycles. The molecule has 6 rings (SSSR count). The molecule has 6 heteroatoms. The van der Waals surface area contributed by atoms with Gasteiger partial charge in [-0.05, 0) is 21.0 Å². The van der Waals surface area contributed by atoms with Gasteiger partial charge in [0.15, 0.2) is 0 Å². The van der Waals surface area contributed by atoms with E-state index < -0.39 is 24.1 Å². The molecule has 2 nitrogen and oxygen atoms in total. The molecule has 1 atom stereocenters. The molecule has 161 valence electrons. The summed E-state index contributed by atoms with van der Waals surface area (Å²) < 4.78 is 0. The summed E-state index contributed by atoms with van der Waals surface area (Å²) in [5.41, 5.74) is 2.04. The molecule has 1 radical (unpaired) electrons. The molecule has 0 saturated carbocycles. The molecule has 2 aliphatic rings. The minimum absolute atomic E-state index is 0. The number of nitrogens with zero attached hydrogens (tertiary/aromatic N) is 2. The summed E-state index contributed by atoms with van der Waals surface area (Å²) >= 11 is 0. The van der Waals surface area contributed by atoms with Gasteiger partial charge in [0.1, 0.15) is 0 Å². The summed E-state index contributed by atoms with van der Waals surface area (Å²) in [4.78, 5) is 8.98. The third-order valence-corrected chi connectivity index (χ3v) is 17.5. The standard InChI is InChI=1S/C26H24N2PSi2.Ir/c1-30(2)22-11-7-5-9-20(22)29-21-10-6-8-12-23(21)31(3,4)25-16-18(15-24(30)26(25)29)19-17-27-13-14-28-19;/h5-15,17H,1-4H3;/q-1;. The van der Waals surface area contributed by atoms with Gasteiger partial charge in [-0.2, -0.15) is 0 Å². The number of rotatable bonds is 1. The van der Waals surface area contributed by atoms with Crippen LogP contribution >= 0.6 is 7.92 Å². The van der Waals surface area contributed by atoms with E-state index in [0.717, 1.165) is 11.3 Å². The molecule has 0 fully saturated rings.